The largest absolute Gasteiger partial charge is 0.480 e. The van der Waals surface area contributed by atoms with Gasteiger partial charge in [-0.3, -0.25) is 4.79 Å². The number of carbonyl (C=O) groups is 1. The van der Waals surface area contributed by atoms with Crippen LogP contribution in [0.3, 0.4) is 0 Å². The second kappa shape index (κ2) is 7.25. The van der Waals surface area contributed by atoms with E-state index in [1.165, 1.54) is 19.3 Å². The van der Waals surface area contributed by atoms with E-state index in [-0.39, 0.29) is 0 Å². The Labute approximate surface area is 117 Å². The Morgan fingerprint density at radius 3 is 2.74 bits per heavy atom. The zero-order valence-corrected chi connectivity index (χ0v) is 12.9. The molecule has 0 bridgehead atoms. The molecule has 3 unspecified atom stereocenters. The first kappa shape index (κ1) is 16.4. The summed E-state index contributed by atoms with van der Waals surface area (Å²) in [5.74, 6) is 0.0567. The minimum atomic E-state index is -0.813. The van der Waals surface area contributed by atoms with E-state index in [9.17, 15) is 9.90 Å². The minimum absolute atomic E-state index is 0.311. The van der Waals surface area contributed by atoms with Gasteiger partial charge in [0.15, 0.2) is 0 Å². The predicted molar refractivity (Wildman–Crippen MR) is 78.4 cm³/mol. The third-order valence-corrected chi connectivity index (χ3v) is 4.42. The van der Waals surface area contributed by atoms with Crippen molar-refractivity contribution in [1.29, 1.82) is 0 Å². The lowest BCUT2D eigenvalue weighted by Gasteiger charge is -2.34. The second-order valence-electron chi connectivity index (χ2n) is 6.29. The molecule has 4 heteroatoms. The maximum atomic E-state index is 11.5. The lowest BCUT2D eigenvalue weighted by atomic mass is 9.92. The van der Waals surface area contributed by atoms with Crippen LogP contribution in [0.15, 0.2) is 0 Å². The molecule has 0 saturated carbocycles. The summed E-state index contributed by atoms with van der Waals surface area (Å²) in [6.07, 6.45) is 4.42. The van der Waals surface area contributed by atoms with Crippen LogP contribution in [0, 0.1) is 5.92 Å². The van der Waals surface area contributed by atoms with Crippen LogP contribution in [0.2, 0.25) is 0 Å². The predicted octanol–water partition coefficient (Wildman–Crippen LogP) is 2.34. The summed E-state index contributed by atoms with van der Waals surface area (Å²) in [6.45, 7) is 11.1. The zero-order chi connectivity index (χ0) is 14.5. The first-order valence-corrected chi connectivity index (χ1v) is 7.61. The smallest absolute Gasteiger partial charge is 0.323 e. The number of hydrogen-bond donors (Lipinski definition) is 2. The Morgan fingerprint density at radius 2 is 2.16 bits per heavy atom. The fourth-order valence-electron chi connectivity index (χ4n) is 3.07. The SMILES string of the molecule is CCNC(C)(CC(C)N1CCCC(C)CC1)C(=O)O. The van der Waals surface area contributed by atoms with Crippen LogP contribution in [0.25, 0.3) is 0 Å². The molecular formula is C15H30N2O2. The van der Waals surface area contributed by atoms with E-state index in [0.29, 0.717) is 19.0 Å². The number of rotatable bonds is 6. The summed E-state index contributed by atoms with van der Waals surface area (Å²) in [5, 5.41) is 12.6. The lowest BCUT2D eigenvalue weighted by Crippen LogP contribution is -2.53. The molecule has 1 aliphatic heterocycles. The molecule has 1 fully saturated rings. The molecule has 1 saturated heterocycles. The highest BCUT2D eigenvalue weighted by molar-refractivity contribution is 5.78. The quantitative estimate of drug-likeness (QED) is 0.778. The highest BCUT2D eigenvalue weighted by Crippen LogP contribution is 2.22. The maximum absolute atomic E-state index is 11.5. The first-order chi connectivity index (χ1) is 8.89. The van der Waals surface area contributed by atoms with E-state index in [4.69, 9.17) is 0 Å². The Bertz CT molecular complexity index is 296. The molecule has 1 rings (SSSR count). The van der Waals surface area contributed by atoms with Crippen LogP contribution in [-0.4, -0.2) is 47.2 Å². The molecule has 112 valence electrons. The van der Waals surface area contributed by atoms with Gasteiger partial charge < -0.3 is 15.3 Å². The lowest BCUT2D eigenvalue weighted by molar-refractivity contribution is -0.145. The van der Waals surface area contributed by atoms with Crippen molar-refractivity contribution >= 4 is 5.97 Å². The van der Waals surface area contributed by atoms with E-state index < -0.39 is 11.5 Å². The molecule has 1 heterocycles. The summed E-state index contributed by atoms with van der Waals surface area (Å²) in [6, 6.07) is 0.311. The van der Waals surface area contributed by atoms with Crippen LogP contribution >= 0.6 is 0 Å². The number of likely N-dealkylation sites (N-methyl/N-ethyl adjacent to an activating group) is 1. The van der Waals surface area contributed by atoms with Gasteiger partial charge in [-0.05, 0) is 65.1 Å². The van der Waals surface area contributed by atoms with Crippen LogP contribution in [0.4, 0.5) is 0 Å². The van der Waals surface area contributed by atoms with Crippen molar-refractivity contribution in [3.63, 3.8) is 0 Å². The van der Waals surface area contributed by atoms with Crippen LogP contribution in [0.5, 0.6) is 0 Å². The fraction of sp³-hybridized carbons (Fsp3) is 0.933. The minimum Gasteiger partial charge on any atom is -0.480 e. The highest BCUT2D eigenvalue weighted by Gasteiger charge is 2.35. The molecule has 0 aromatic heterocycles. The van der Waals surface area contributed by atoms with E-state index >= 15 is 0 Å². The molecule has 0 radical (unpaired) electrons. The number of nitrogens with zero attached hydrogens (tertiary/aromatic N) is 1. The molecule has 0 aromatic rings. The Balaban J connectivity index is 2.60. The normalized spacial score (nSPS) is 26.4. The summed E-state index contributed by atoms with van der Waals surface area (Å²) in [7, 11) is 0. The summed E-state index contributed by atoms with van der Waals surface area (Å²) >= 11 is 0. The van der Waals surface area contributed by atoms with Gasteiger partial charge >= 0.3 is 5.97 Å². The maximum Gasteiger partial charge on any atom is 0.323 e. The molecule has 3 atom stereocenters. The fourth-order valence-corrected chi connectivity index (χ4v) is 3.07. The van der Waals surface area contributed by atoms with Crippen molar-refractivity contribution in [2.45, 2.75) is 65.0 Å². The molecular weight excluding hydrogens is 240 g/mol. The highest BCUT2D eigenvalue weighted by atomic mass is 16.4. The Hall–Kier alpha value is -0.610. The molecule has 19 heavy (non-hydrogen) atoms. The molecule has 0 amide bonds. The van der Waals surface area contributed by atoms with Gasteiger partial charge in [-0.2, -0.15) is 0 Å². The topological polar surface area (TPSA) is 52.6 Å². The molecule has 4 nitrogen and oxygen atoms in total. The molecule has 0 spiro atoms. The van der Waals surface area contributed by atoms with Gasteiger partial charge in [-0.25, -0.2) is 0 Å². The van der Waals surface area contributed by atoms with Gasteiger partial charge in [0, 0.05) is 6.04 Å². The van der Waals surface area contributed by atoms with Crippen molar-refractivity contribution < 1.29 is 9.90 Å². The third kappa shape index (κ3) is 4.77. The average Bonchev–Trinajstić information content (AvgIpc) is 2.54. The number of aliphatic carboxylic acids is 1. The van der Waals surface area contributed by atoms with Crippen LogP contribution in [0.1, 0.15) is 53.4 Å². The van der Waals surface area contributed by atoms with E-state index in [2.05, 4.69) is 24.1 Å². The monoisotopic (exact) mass is 270 g/mol. The van der Waals surface area contributed by atoms with Crippen LogP contribution < -0.4 is 5.32 Å². The standard InChI is InChI=1S/C15H30N2O2/c1-5-16-15(4,14(18)19)11-13(3)17-9-6-7-12(2)8-10-17/h12-13,16H,5-11H2,1-4H3,(H,18,19). The average molecular weight is 270 g/mol. The number of likely N-dealkylation sites (tertiary alicyclic amines) is 1. The van der Waals surface area contributed by atoms with Crippen molar-refractivity contribution in [1.82, 2.24) is 10.2 Å². The van der Waals surface area contributed by atoms with Gasteiger partial charge in [0.1, 0.15) is 5.54 Å². The second-order valence-corrected chi connectivity index (χ2v) is 6.29. The molecule has 2 N–H and O–H groups in total. The van der Waals surface area contributed by atoms with Gasteiger partial charge in [0.05, 0.1) is 0 Å². The van der Waals surface area contributed by atoms with Crippen LogP contribution in [-0.2, 0) is 4.79 Å². The van der Waals surface area contributed by atoms with Crippen molar-refractivity contribution in [2.75, 3.05) is 19.6 Å². The summed E-state index contributed by atoms with van der Waals surface area (Å²) in [5.41, 5.74) is -0.813. The summed E-state index contributed by atoms with van der Waals surface area (Å²) in [4.78, 5) is 13.9. The van der Waals surface area contributed by atoms with Gasteiger partial charge in [0.2, 0.25) is 0 Å². The van der Waals surface area contributed by atoms with Crippen molar-refractivity contribution in [3.8, 4) is 0 Å². The Kier molecular flexibility index (Phi) is 6.27. The molecule has 1 aliphatic rings. The first-order valence-electron chi connectivity index (χ1n) is 7.61. The van der Waals surface area contributed by atoms with Crippen molar-refractivity contribution in [2.24, 2.45) is 5.92 Å². The van der Waals surface area contributed by atoms with E-state index in [0.717, 1.165) is 19.0 Å². The zero-order valence-electron chi connectivity index (χ0n) is 12.9. The number of nitrogens with one attached hydrogen (secondary N) is 1. The molecule has 0 aromatic carbocycles. The van der Waals surface area contributed by atoms with Gasteiger partial charge in [-0.1, -0.05) is 13.8 Å². The van der Waals surface area contributed by atoms with Gasteiger partial charge in [-0.15, -0.1) is 0 Å². The Morgan fingerprint density at radius 1 is 1.47 bits per heavy atom. The number of carboxylic acid groups (broad SMARTS) is 1. The molecule has 0 aliphatic carbocycles. The number of hydrogen-bond acceptors (Lipinski definition) is 3. The van der Waals surface area contributed by atoms with E-state index in [1.807, 2.05) is 6.92 Å². The number of carboxylic acids is 1. The van der Waals surface area contributed by atoms with Gasteiger partial charge in [0.25, 0.3) is 0 Å². The van der Waals surface area contributed by atoms with E-state index in [1.54, 1.807) is 6.92 Å². The summed E-state index contributed by atoms with van der Waals surface area (Å²) < 4.78 is 0. The van der Waals surface area contributed by atoms with Crippen molar-refractivity contribution in [3.05, 3.63) is 0 Å². The third-order valence-electron chi connectivity index (χ3n) is 4.42.